The quantitative estimate of drug-likeness (QED) is 0.376. The Labute approximate surface area is 103 Å². The molecule has 104 valence electrons. The summed E-state index contributed by atoms with van der Waals surface area (Å²) in [5.74, 6) is 0. The third-order valence-corrected chi connectivity index (χ3v) is 3.42. The Morgan fingerprint density at radius 3 is 2.65 bits per heavy atom. The summed E-state index contributed by atoms with van der Waals surface area (Å²) < 4.78 is 21.0. The summed E-state index contributed by atoms with van der Waals surface area (Å²) in [5, 5.41) is 12.6. The van der Waals surface area contributed by atoms with Crippen LogP contribution in [0.15, 0.2) is 0 Å². The molecule has 0 aliphatic carbocycles. The average molecular weight is 269 g/mol. The van der Waals surface area contributed by atoms with E-state index in [0.29, 0.717) is 6.61 Å². The van der Waals surface area contributed by atoms with Crippen molar-refractivity contribution in [2.45, 2.75) is 26.4 Å². The largest absolute Gasteiger partial charge is 0.388 e. The molecule has 3 N–H and O–H groups in total. The highest BCUT2D eigenvalue weighted by molar-refractivity contribution is 7.52. The molecule has 0 saturated heterocycles. The summed E-state index contributed by atoms with van der Waals surface area (Å²) in [5.41, 5.74) is 0. The maximum Gasteiger partial charge on any atom is 0.327 e. The molecule has 0 aromatic rings. The molecule has 0 spiro atoms. The molecule has 0 radical (unpaired) electrons. The Bertz CT molecular complexity index is 227. The first-order valence-corrected chi connectivity index (χ1v) is 7.71. The van der Waals surface area contributed by atoms with Crippen molar-refractivity contribution in [3.05, 3.63) is 0 Å². The van der Waals surface area contributed by atoms with Crippen LogP contribution in [0.25, 0.3) is 0 Å². The van der Waals surface area contributed by atoms with Gasteiger partial charge >= 0.3 is 7.60 Å². The maximum absolute atomic E-state index is 11.1. The highest BCUT2D eigenvalue weighted by atomic mass is 31.2. The Morgan fingerprint density at radius 1 is 1.35 bits per heavy atom. The summed E-state index contributed by atoms with van der Waals surface area (Å²) in [7, 11) is -3.51. The fourth-order valence-corrected chi connectivity index (χ4v) is 1.62. The third-order valence-electron chi connectivity index (χ3n) is 2.07. The van der Waals surface area contributed by atoms with Crippen molar-refractivity contribution in [1.29, 1.82) is 0 Å². The molecule has 2 atom stereocenters. The van der Waals surface area contributed by atoms with Gasteiger partial charge < -0.3 is 24.6 Å². The van der Waals surface area contributed by atoms with Crippen LogP contribution >= 0.6 is 7.60 Å². The molecular weight excluding hydrogens is 245 g/mol. The van der Waals surface area contributed by atoms with Gasteiger partial charge in [-0.2, -0.15) is 0 Å². The summed E-state index contributed by atoms with van der Waals surface area (Å²) in [4.78, 5) is 9.11. The lowest BCUT2D eigenvalue weighted by molar-refractivity contribution is 0.00948. The topological polar surface area (TPSA) is 88.0 Å². The van der Waals surface area contributed by atoms with E-state index >= 15 is 0 Å². The van der Waals surface area contributed by atoms with Crippen LogP contribution in [0.2, 0.25) is 0 Å². The van der Waals surface area contributed by atoms with E-state index in [9.17, 15) is 9.67 Å². The molecule has 0 heterocycles. The first-order valence-electron chi connectivity index (χ1n) is 5.94. The zero-order valence-corrected chi connectivity index (χ0v) is 11.5. The lowest BCUT2D eigenvalue weighted by Gasteiger charge is -2.14. The van der Waals surface area contributed by atoms with E-state index in [1.165, 1.54) is 0 Å². The van der Waals surface area contributed by atoms with E-state index in [2.05, 4.69) is 5.32 Å². The molecule has 0 aliphatic heterocycles. The molecule has 0 amide bonds. The molecule has 17 heavy (non-hydrogen) atoms. The van der Waals surface area contributed by atoms with E-state index < -0.39 is 13.7 Å². The molecular formula is C10H24NO5P. The van der Waals surface area contributed by atoms with Gasteiger partial charge in [-0.25, -0.2) is 0 Å². The summed E-state index contributed by atoms with van der Waals surface area (Å²) in [6.07, 6.45) is 0.0548. The standard InChI is InChI=1S/C10H24NO5P/c1-3-11-6-5-7-15-8-10(12)9-16-17(13,14)4-2/h10-12H,3-9H2,1-2H3,(H,13,14). The van der Waals surface area contributed by atoms with Gasteiger partial charge in [0.05, 0.1) is 13.2 Å². The molecule has 0 bridgehead atoms. The number of aliphatic hydroxyl groups is 1. The number of aliphatic hydroxyl groups excluding tert-OH is 1. The molecule has 0 fully saturated rings. The SMILES string of the molecule is CCNCCCOCC(O)COP(=O)(O)CC. The van der Waals surface area contributed by atoms with Crippen molar-refractivity contribution in [2.75, 3.05) is 39.1 Å². The van der Waals surface area contributed by atoms with Gasteiger partial charge in [-0.15, -0.1) is 0 Å². The molecule has 0 aromatic carbocycles. The summed E-state index contributed by atoms with van der Waals surface area (Å²) in [6, 6.07) is 0. The van der Waals surface area contributed by atoms with Crippen LogP contribution in [0.5, 0.6) is 0 Å². The van der Waals surface area contributed by atoms with Gasteiger partial charge in [0, 0.05) is 12.8 Å². The van der Waals surface area contributed by atoms with E-state index in [-0.39, 0.29) is 19.4 Å². The predicted octanol–water partition coefficient (Wildman–Crippen LogP) is 0.585. The molecule has 0 aliphatic rings. The number of hydrogen-bond acceptors (Lipinski definition) is 5. The molecule has 0 aromatic heterocycles. The van der Waals surface area contributed by atoms with E-state index in [1.54, 1.807) is 6.92 Å². The lowest BCUT2D eigenvalue weighted by Crippen LogP contribution is -2.22. The van der Waals surface area contributed by atoms with E-state index in [1.807, 2.05) is 6.92 Å². The fourth-order valence-electron chi connectivity index (χ4n) is 1.04. The molecule has 7 heteroatoms. The van der Waals surface area contributed by atoms with Gasteiger partial charge in [0.15, 0.2) is 0 Å². The van der Waals surface area contributed by atoms with E-state index in [0.717, 1.165) is 19.5 Å². The normalized spacial score (nSPS) is 16.7. The van der Waals surface area contributed by atoms with Crippen LogP contribution in [0.4, 0.5) is 0 Å². The Morgan fingerprint density at radius 2 is 2.06 bits per heavy atom. The van der Waals surface area contributed by atoms with Crippen molar-refractivity contribution >= 4 is 7.60 Å². The predicted molar refractivity (Wildman–Crippen MR) is 66.3 cm³/mol. The van der Waals surface area contributed by atoms with Crippen molar-refractivity contribution in [3.63, 3.8) is 0 Å². The Balaban J connectivity index is 3.41. The molecule has 0 rings (SSSR count). The highest BCUT2D eigenvalue weighted by Gasteiger charge is 2.17. The van der Waals surface area contributed by atoms with Crippen LogP contribution in [0, 0.1) is 0 Å². The smallest absolute Gasteiger partial charge is 0.327 e. The number of nitrogens with one attached hydrogen (secondary N) is 1. The second-order valence-corrected chi connectivity index (χ2v) is 5.85. The van der Waals surface area contributed by atoms with Crippen molar-refractivity contribution in [2.24, 2.45) is 0 Å². The van der Waals surface area contributed by atoms with Crippen molar-refractivity contribution in [1.82, 2.24) is 5.32 Å². The van der Waals surface area contributed by atoms with Crippen molar-refractivity contribution in [3.8, 4) is 0 Å². The van der Waals surface area contributed by atoms with Gasteiger partial charge in [-0.05, 0) is 19.5 Å². The minimum Gasteiger partial charge on any atom is -0.388 e. The maximum atomic E-state index is 11.1. The van der Waals surface area contributed by atoms with Crippen LogP contribution < -0.4 is 5.32 Å². The third kappa shape index (κ3) is 10.9. The van der Waals surface area contributed by atoms with Crippen LogP contribution in [0.3, 0.4) is 0 Å². The monoisotopic (exact) mass is 269 g/mol. The minimum absolute atomic E-state index is 0.0449. The lowest BCUT2D eigenvalue weighted by atomic mass is 10.4. The number of rotatable bonds is 11. The second-order valence-electron chi connectivity index (χ2n) is 3.69. The molecule has 2 unspecified atom stereocenters. The van der Waals surface area contributed by atoms with E-state index in [4.69, 9.17) is 14.2 Å². The van der Waals surface area contributed by atoms with Gasteiger partial charge in [0.2, 0.25) is 0 Å². The van der Waals surface area contributed by atoms with Crippen LogP contribution in [0.1, 0.15) is 20.3 Å². The Hall–Kier alpha value is 0.0300. The first-order chi connectivity index (χ1) is 8.02. The zero-order valence-electron chi connectivity index (χ0n) is 10.6. The van der Waals surface area contributed by atoms with Crippen LogP contribution in [-0.4, -0.2) is 55.2 Å². The molecule has 0 saturated carbocycles. The molecule has 6 nitrogen and oxygen atoms in total. The summed E-state index contributed by atoms with van der Waals surface area (Å²) >= 11 is 0. The number of hydrogen-bond donors (Lipinski definition) is 3. The number of ether oxygens (including phenoxy) is 1. The first kappa shape index (κ1) is 17.0. The zero-order chi connectivity index (χ0) is 13.1. The van der Waals surface area contributed by atoms with Gasteiger partial charge in [0.1, 0.15) is 6.10 Å². The van der Waals surface area contributed by atoms with Crippen molar-refractivity contribution < 1.29 is 23.8 Å². The van der Waals surface area contributed by atoms with Crippen LogP contribution in [-0.2, 0) is 13.8 Å². The Kier molecular flexibility index (Phi) is 10.0. The highest BCUT2D eigenvalue weighted by Crippen LogP contribution is 2.40. The van der Waals surface area contributed by atoms with Gasteiger partial charge in [-0.1, -0.05) is 13.8 Å². The summed E-state index contributed by atoms with van der Waals surface area (Å²) in [6.45, 7) is 5.90. The van der Waals surface area contributed by atoms with Gasteiger partial charge in [-0.3, -0.25) is 4.57 Å². The second kappa shape index (κ2) is 10.00. The van der Waals surface area contributed by atoms with Gasteiger partial charge in [0.25, 0.3) is 0 Å². The minimum atomic E-state index is -3.51. The fraction of sp³-hybridized carbons (Fsp3) is 1.00. The average Bonchev–Trinajstić information content (AvgIpc) is 2.31.